The van der Waals surface area contributed by atoms with E-state index in [1.54, 1.807) is 0 Å². The summed E-state index contributed by atoms with van der Waals surface area (Å²) < 4.78 is 0. The first-order chi connectivity index (χ1) is 0. The van der Waals surface area contributed by atoms with E-state index in [0.717, 1.165) is 0 Å². The molecule has 59 valence electrons. The standard InChI is InChI=1S/ClH.6H2O.Sc/h1H;6*1H2;. The zero-order chi connectivity index (χ0) is 0. The number of hydrogen-bond acceptors (Lipinski definition) is 0. The SMILES string of the molecule is Cl.O.O.O.O.O.O.[Sc]. The topological polar surface area (TPSA) is 189 Å². The van der Waals surface area contributed by atoms with E-state index in [2.05, 4.69) is 0 Å². The van der Waals surface area contributed by atoms with Gasteiger partial charge in [-0.3, -0.25) is 0 Å². The minimum Gasteiger partial charge on any atom is -0.412 e. The third-order valence-corrected chi connectivity index (χ3v) is 0. The van der Waals surface area contributed by atoms with Crippen molar-refractivity contribution in [1.29, 1.82) is 0 Å². The Morgan fingerprint density at radius 3 is 0.375 bits per heavy atom. The molecule has 0 aliphatic carbocycles. The Balaban J connectivity index is 0. The van der Waals surface area contributed by atoms with E-state index < -0.39 is 0 Å². The zero-order valence-corrected chi connectivity index (χ0v) is 6.61. The minimum absolute atomic E-state index is 0. The monoisotopic (exact) mass is 189 g/mol. The third kappa shape index (κ3) is 286. The van der Waals surface area contributed by atoms with Crippen LogP contribution < -0.4 is 0 Å². The second kappa shape index (κ2) is 448. The molecule has 0 aliphatic rings. The molecule has 0 spiro atoms. The Bertz CT molecular complexity index is 8.49. The van der Waals surface area contributed by atoms with Crippen molar-refractivity contribution >= 4 is 12.4 Å². The predicted octanol–water partition coefficient (Wildman–Crippen LogP) is -4.53. The molecule has 0 aromatic heterocycles. The molecule has 12 N–H and O–H groups in total. The largest absolute Gasteiger partial charge is 0.412 e. The normalized spacial score (nSPS) is 0. The van der Waals surface area contributed by atoms with E-state index in [4.69, 9.17) is 0 Å². The van der Waals surface area contributed by atoms with Gasteiger partial charge in [0.15, 0.2) is 0 Å². The van der Waals surface area contributed by atoms with Gasteiger partial charge in [-0.15, -0.1) is 12.4 Å². The molecule has 0 fully saturated rings. The Morgan fingerprint density at radius 1 is 0.375 bits per heavy atom. The molecule has 0 aromatic rings. The zero-order valence-electron chi connectivity index (χ0n) is 3.99. The summed E-state index contributed by atoms with van der Waals surface area (Å²) in [5, 5.41) is 0. The summed E-state index contributed by atoms with van der Waals surface area (Å²) in [7, 11) is 0. The molecule has 8 heteroatoms. The van der Waals surface area contributed by atoms with Crippen LogP contribution in [-0.2, 0) is 25.8 Å². The van der Waals surface area contributed by atoms with E-state index in [1.165, 1.54) is 0 Å². The average molecular weight is 190 g/mol. The fourth-order valence-corrected chi connectivity index (χ4v) is 0. The summed E-state index contributed by atoms with van der Waals surface area (Å²) in [6.07, 6.45) is 0. The van der Waals surface area contributed by atoms with Crippen LogP contribution >= 0.6 is 12.4 Å². The molecule has 0 saturated heterocycles. The molecule has 0 bridgehead atoms. The maximum atomic E-state index is 0. The van der Waals surface area contributed by atoms with Crippen molar-refractivity contribution in [3.63, 3.8) is 0 Å². The molecule has 0 aliphatic heterocycles. The van der Waals surface area contributed by atoms with E-state index in [9.17, 15) is 0 Å². The van der Waals surface area contributed by atoms with Gasteiger partial charge >= 0.3 is 0 Å². The molecular weight excluding hydrogens is 176 g/mol. The van der Waals surface area contributed by atoms with Crippen molar-refractivity contribution in [3.8, 4) is 0 Å². The third-order valence-electron chi connectivity index (χ3n) is 0. The molecule has 0 saturated carbocycles. The van der Waals surface area contributed by atoms with Gasteiger partial charge in [0, 0.05) is 25.8 Å². The second-order valence-electron chi connectivity index (χ2n) is 0. The number of hydrogen-bond donors (Lipinski definition) is 0. The molecule has 0 heterocycles. The van der Waals surface area contributed by atoms with Crippen molar-refractivity contribution < 1.29 is 58.7 Å². The first-order valence-electron chi connectivity index (χ1n) is 0. The van der Waals surface area contributed by atoms with Crippen LogP contribution in [0.25, 0.3) is 0 Å². The molecule has 0 atom stereocenters. The van der Waals surface area contributed by atoms with Gasteiger partial charge < -0.3 is 32.9 Å². The minimum atomic E-state index is 0. The molecule has 6 nitrogen and oxygen atoms in total. The van der Waals surface area contributed by atoms with Gasteiger partial charge in [-0.1, -0.05) is 0 Å². The van der Waals surface area contributed by atoms with Gasteiger partial charge in [0.05, 0.1) is 0 Å². The van der Waals surface area contributed by atoms with Gasteiger partial charge in [0.2, 0.25) is 0 Å². The van der Waals surface area contributed by atoms with Crippen molar-refractivity contribution in [2.24, 2.45) is 0 Å². The van der Waals surface area contributed by atoms with Gasteiger partial charge in [-0.05, 0) is 0 Å². The maximum Gasteiger partial charge on any atom is 0 e. The molecular formula is H13ClO6Sc. The van der Waals surface area contributed by atoms with Crippen molar-refractivity contribution in [2.75, 3.05) is 0 Å². The van der Waals surface area contributed by atoms with Gasteiger partial charge in [0.25, 0.3) is 0 Å². The van der Waals surface area contributed by atoms with Crippen molar-refractivity contribution in [1.82, 2.24) is 0 Å². The van der Waals surface area contributed by atoms with Gasteiger partial charge in [-0.2, -0.15) is 0 Å². The van der Waals surface area contributed by atoms with E-state index in [0.29, 0.717) is 0 Å². The quantitative estimate of drug-likeness (QED) is 0.355. The Labute approximate surface area is 71.3 Å². The summed E-state index contributed by atoms with van der Waals surface area (Å²) in [5.74, 6) is 0. The summed E-state index contributed by atoms with van der Waals surface area (Å²) in [6.45, 7) is 0. The van der Waals surface area contributed by atoms with Crippen molar-refractivity contribution in [3.05, 3.63) is 0 Å². The number of rotatable bonds is 0. The van der Waals surface area contributed by atoms with Gasteiger partial charge in [-0.25, -0.2) is 0 Å². The summed E-state index contributed by atoms with van der Waals surface area (Å²) in [6, 6.07) is 0. The second-order valence-corrected chi connectivity index (χ2v) is 0. The van der Waals surface area contributed by atoms with Crippen LogP contribution in [0.5, 0.6) is 0 Å². The van der Waals surface area contributed by atoms with Crippen LogP contribution in [0.2, 0.25) is 0 Å². The van der Waals surface area contributed by atoms with Crippen LogP contribution in [0.1, 0.15) is 0 Å². The molecule has 0 unspecified atom stereocenters. The Hall–Kier alpha value is 0.920. The molecule has 0 rings (SSSR count). The Kier molecular flexibility index (Phi) is 37000. The van der Waals surface area contributed by atoms with Crippen LogP contribution in [0, 0.1) is 0 Å². The Morgan fingerprint density at radius 2 is 0.375 bits per heavy atom. The molecule has 0 amide bonds. The van der Waals surface area contributed by atoms with Crippen LogP contribution in [-0.4, -0.2) is 32.9 Å². The fraction of sp³-hybridized carbons (Fsp3) is 0. The predicted molar refractivity (Wildman–Crippen MR) is 28.9 cm³/mol. The summed E-state index contributed by atoms with van der Waals surface area (Å²) in [4.78, 5) is 0. The van der Waals surface area contributed by atoms with E-state index >= 15 is 0 Å². The van der Waals surface area contributed by atoms with Crippen LogP contribution in [0.4, 0.5) is 0 Å². The average Bonchev–Trinajstić information content (AvgIpc) is 0. The van der Waals surface area contributed by atoms with Crippen LogP contribution in [0.3, 0.4) is 0 Å². The first-order valence-corrected chi connectivity index (χ1v) is 0. The van der Waals surface area contributed by atoms with E-state index in [-0.39, 0.29) is 71.1 Å². The first kappa shape index (κ1) is 661. The molecule has 0 aromatic carbocycles. The van der Waals surface area contributed by atoms with E-state index in [1.807, 2.05) is 0 Å². The maximum absolute atomic E-state index is 0. The molecule has 1 radical (unpaired) electrons. The van der Waals surface area contributed by atoms with Crippen molar-refractivity contribution in [2.45, 2.75) is 0 Å². The van der Waals surface area contributed by atoms with Gasteiger partial charge in [0.1, 0.15) is 0 Å². The molecule has 8 heavy (non-hydrogen) atoms. The summed E-state index contributed by atoms with van der Waals surface area (Å²) >= 11 is 0. The fourth-order valence-electron chi connectivity index (χ4n) is 0. The number of halogens is 1. The summed E-state index contributed by atoms with van der Waals surface area (Å²) in [5.41, 5.74) is 0. The smallest absolute Gasteiger partial charge is 0 e. The van der Waals surface area contributed by atoms with Crippen LogP contribution in [0.15, 0.2) is 0 Å².